The average Bonchev–Trinajstić information content (AvgIpc) is 2.74. The number of hydrogen-bond donors (Lipinski definition) is 1. The molecule has 2 nitrogen and oxygen atoms in total. The van der Waals surface area contributed by atoms with Gasteiger partial charge in [0.25, 0.3) is 0 Å². The van der Waals surface area contributed by atoms with E-state index in [0.29, 0.717) is 0 Å². The lowest BCUT2D eigenvalue weighted by Crippen LogP contribution is -2.49. The number of ether oxygens (including phenoxy) is 1. The maximum Gasteiger partial charge on any atom is 0.0827 e. The molecule has 86 valence electrons. The molecule has 0 aromatic carbocycles. The van der Waals surface area contributed by atoms with E-state index in [1.807, 2.05) is 0 Å². The van der Waals surface area contributed by atoms with Gasteiger partial charge in [0.2, 0.25) is 0 Å². The summed E-state index contributed by atoms with van der Waals surface area (Å²) in [7, 11) is 1.77. The highest BCUT2D eigenvalue weighted by Gasteiger charge is 2.33. The third-order valence-corrected chi connectivity index (χ3v) is 4.18. The summed E-state index contributed by atoms with van der Waals surface area (Å²) in [6, 6.07) is 4.28. The Morgan fingerprint density at radius 1 is 1.47 bits per heavy atom. The van der Waals surface area contributed by atoms with E-state index >= 15 is 0 Å². The smallest absolute Gasteiger partial charge is 0.0827 e. The van der Waals surface area contributed by atoms with Crippen LogP contribution in [0.5, 0.6) is 0 Å². The van der Waals surface area contributed by atoms with Crippen LogP contribution in [0.25, 0.3) is 0 Å². The van der Waals surface area contributed by atoms with Crippen molar-refractivity contribution in [2.45, 2.75) is 44.8 Å². The number of hydrogen-bond acceptors (Lipinski definition) is 3. The van der Waals surface area contributed by atoms with Gasteiger partial charge in [-0.15, -0.1) is 11.3 Å². The van der Waals surface area contributed by atoms with Crippen LogP contribution >= 0.6 is 11.3 Å². The van der Waals surface area contributed by atoms with Gasteiger partial charge in [-0.2, -0.15) is 0 Å². The summed E-state index contributed by atoms with van der Waals surface area (Å²) in [5, 5.41) is 2.09. The van der Waals surface area contributed by atoms with Crippen molar-refractivity contribution in [2.75, 3.05) is 7.11 Å². The van der Waals surface area contributed by atoms with Crippen LogP contribution in [0.15, 0.2) is 17.5 Å². The second-order valence-corrected chi connectivity index (χ2v) is 4.90. The number of thiophene rings is 1. The van der Waals surface area contributed by atoms with E-state index in [0.717, 1.165) is 19.3 Å². The summed E-state index contributed by atoms with van der Waals surface area (Å²) in [5.41, 5.74) is 6.09. The maximum atomic E-state index is 6.26. The van der Waals surface area contributed by atoms with E-state index in [2.05, 4.69) is 31.4 Å². The van der Waals surface area contributed by atoms with Crippen molar-refractivity contribution in [1.29, 1.82) is 0 Å². The zero-order chi connectivity index (χ0) is 11.3. The van der Waals surface area contributed by atoms with Crippen LogP contribution in [0.3, 0.4) is 0 Å². The number of rotatable bonds is 6. The molecule has 0 saturated heterocycles. The minimum atomic E-state index is -0.163. The number of methoxy groups -OCH3 is 1. The Morgan fingerprint density at radius 3 is 2.53 bits per heavy atom. The topological polar surface area (TPSA) is 35.2 Å². The lowest BCUT2D eigenvalue weighted by Gasteiger charge is -2.36. The molecule has 1 atom stereocenters. The van der Waals surface area contributed by atoms with Crippen molar-refractivity contribution in [1.82, 2.24) is 0 Å². The summed E-state index contributed by atoms with van der Waals surface area (Å²) in [6.45, 7) is 4.28. The molecule has 15 heavy (non-hydrogen) atoms. The molecule has 0 fully saturated rings. The van der Waals surface area contributed by atoms with Crippen molar-refractivity contribution >= 4 is 11.3 Å². The molecule has 3 heteroatoms. The SMILES string of the molecule is CCC(CC)(OC)C(N)Cc1cccs1. The van der Waals surface area contributed by atoms with E-state index in [4.69, 9.17) is 10.5 Å². The molecule has 1 rings (SSSR count). The lowest BCUT2D eigenvalue weighted by molar-refractivity contribution is -0.0372. The quantitative estimate of drug-likeness (QED) is 0.811. The van der Waals surface area contributed by atoms with Crippen LogP contribution in [0.4, 0.5) is 0 Å². The van der Waals surface area contributed by atoms with Crippen molar-refractivity contribution in [3.05, 3.63) is 22.4 Å². The van der Waals surface area contributed by atoms with Gasteiger partial charge in [-0.25, -0.2) is 0 Å². The van der Waals surface area contributed by atoms with Crippen LogP contribution in [0, 0.1) is 0 Å². The van der Waals surface area contributed by atoms with E-state index in [9.17, 15) is 0 Å². The van der Waals surface area contributed by atoms with Crippen molar-refractivity contribution in [3.63, 3.8) is 0 Å². The van der Waals surface area contributed by atoms with Crippen LogP contribution in [0.2, 0.25) is 0 Å². The summed E-state index contributed by atoms with van der Waals surface area (Å²) in [5.74, 6) is 0. The van der Waals surface area contributed by atoms with Crippen molar-refractivity contribution in [3.8, 4) is 0 Å². The van der Waals surface area contributed by atoms with Gasteiger partial charge in [0.1, 0.15) is 0 Å². The first-order valence-electron chi connectivity index (χ1n) is 5.51. The monoisotopic (exact) mass is 227 g/mol. The highest BCUT2D eigenvalue weighted by Crippen LogP contribution is 2.26. The zero-order valence-electron chi connectivity index (χ0n) is 9.82. The van der Waals surface area contributed by atoms with Gasteiger partial charge in [-0.05, 0) is 30.7 Å². The summed E-state index contributed by atoms with van der Waals surface area (Å²) < 4.78 is 5.63. The minimum Gasteiger partial charge on any atom is -0.377 e. The Morgan fingerprint density at radius 2 is 2.13 bits per heavy atom. The first kappa shape index (κ1) is 12.7. The highest BCUT2D eigenvalue weighted by atomic mass is 32.1. The van der Waals surface area contributed by atoms with Gasteiger partial charge >= 0.3 is 0 Å². The lowest BCUT2D eigenvalue weighted by atomic mass is 9.86. The molecular formula is C12H21NOS. The number of nitrogens with two attached hydrogens (primary N) is 1. The minimum absolute atomic E-state index is 0.0798. The Hall–Kier alpha value is -0.380. The Bertz CT molecular complexity index is 259. The Balaban J connectivity index is 2.68. The molecule has 1 unspecified atom stereocenters. The molecule has 2 N–H and O–H groups in total. The third kappa shape index (κ3) is 2.80. The molecule has 0 amide bonds. The van der Waals surface area contributed by atoms with Gasteiger partial charge in [0.05, 0.1) is 5.60 Å². The van der Waals surface area contributed by atoms with E-state index in [-0.39, 0.29) is 11.6 Å². The molecule has 1 aromatic heterocycles. The van der Waals surface area contributed by atoms with Crippen molar-refractivity contribution < 1.29 is 4.74 Å². The molecule has 0 aliphatic carbocycles. The molecule has 0 spiro atoms. The van der Waals surface area contributed by atoms with E-state index in [1.165, 1.54) is 4.88 Å². The molecule has 1 heterocycles. The van der Waals surface area contributed by atoms with Crippen LogP contribution < -0.4 is 5.73 Å². The van der Waals surface area contributed by atoms with Crippen molar-refractivity contribution in [2.24, 2.45) is 5.73 Å². The largest absolute Gasteiger partial charge is 0.377 e. The fraction of sp³-hybridized carbons (Fsp3) is 0.667. The van der Waals surface area contributed by atoms with Gasteiger partial charge in [-0.3, -0.25) is 0 Å². The van der Waals surface area contributed by atoms with E-state index in [1.54, 1.807) is 18.4 Å². The normalized spacial score (nSPS) is 14.1. The second kappa shape index (κ2) is 5.64. The average molecular weight is 227 g/mol. The fourth-order valence-corrected chi connectivity index (χ4v) is 2.81. The zero-order valence-corrected chi connectivity index (χ0v) is 10.6. The van der Waals surface area contributed by atoms with Gasteiger partial charge < -0.3 is 10.5 Å². The molecular weight excluding hydrogens is 206 g/mol. The highest BCUT2D eigenvalue weighted by molar-refractivity contribution is 7.09. The predicted octanol–water partition coefficient (Wildman–Crippen LogP) is 2.82. The molecule has 0 aliphatic heterocycles. The summed E-state index contributed by atoms with van der Waals surface area (Å²) in [6.07, 6.45) is 2.84. The molecule has 0 saturated carbocycles. The second-order valence-electron chi connectivity index (χ2n) is 3.87. The predicted molar refractivity (Wildman–Crippen MR) is 66.3 cm³/mol. The third-order valence-electron chi connectivity index (χ3n) is 3.28. The maximum absolute atomic E-state index is 6.26. The van der Waals surface area contributed by atoms with Gasteiger partial charge in [0, 0.05) is 18.0 Å². The van der Waals surface area contributed by atoms with Gasteiger partial charge in [-0.1, -0.05) is 19.9 Å². The molecule has 1 aromatic rings. The first-order chi connectivity index (χ1) is 7.18. The molecule has 0 aliphatic rings. The van der Waals surface area contributed by atoms with Crippen LogP contribution in [-0.4, -0.2) is 18.8 Å². The fourth-order valence-electron chi connectivity index (χ4n) is 2.05. The van der Waals surface area contributed by atoms with Gasteiger partial charge in [0.15, 0.2) is 0 Å². The summed E-state index contributed by atoms with van der Waals surface area (Å²) in [4.78, 5) is 1.34. The Kier molecular flexibility index (Phi) is 4.77. The molecule has 0 radical (unpaired) electrons. The first-order valence-corrected chi connectivity index (χ1v) is 6.39. The van der Waals surface area contributed by atoms with Crippen LogP contribution in [0.1, 0.15) is 31.6 Å². The summed E-state index contributed by atoms with van der Waals surface area (Å²) >= 11 is 1.76. The van der Waals surface area contributed by atoms with E-state index < -0.39 is 0 Å². The van der Waals surface area contributed by atoms with Crippen LogP contribution in [-0.2, 0) is 11.2 Å². The Labute approximate surface area is 96.4 Å². The standard InChI is InChI=1S/C12H21NOS/c1-4-12(5-2,14-3)11(13)9-10-7-6-8-15-10/h6-8,11H,4-5,9,13H2,1-3H3. The molecule has 0 bridgehead atoms.